The highest BCUT2D eigenvalue weighted by Gasteiger charge is 2.05. The van der Waals surface area contributed by atoms with Gasteiger partial charge in [0.25, 0.3) is 0 Å². The fraction of sp³-hybridized carbons (Fsp3) is 0.500. The summed E-state index contributed by atoms with van der Waals surface area (Å²) >= 11 is 3.43. The normalized spacial score (nSPS) is 12.2. The maximum atomic E-state index is 5.69. The fourth-order valence-electron chi connectivity index (χ4n) is 1.12. The van der Waals surface area contributed by atoms with Crippen molar-refractivity contribution in [3.05, 3.63) is 24.3 Å². The summed E-state index contributed by atoms with van der Waals surface area (Å²) in [5.74, 6) is 2.15. The van der Waals surface area contributed by atoms with Gasteiger partial charge in [0.1, 0.15) is 0 Å². The van der Waals surface area contributed by atoms with Crippen molar-refractivity contribution in [1.82, 2.24) is 0 Å². The average Bonchev–Trinajstić information content (AvgIpc) is 2.28. The number of halogens is 1. The van der Waals surface area contributed by atoms with Gasteiger partial charge in [0.05, 0.1) is 13.2 Å². The lowest BCUT2D eigenvalue weighted by Gasteiger charge is -2.13. The van der Waals surface area contributed by atoms with E-state index >= 15 is 0 Å². The lowest BCUT2D eigenvalue weighted by atomic mass is 10.2. The Balaban J connectivity index is 2.58. The molecule has 0 radical (unpaired) electrons. The zero-order valence-electron chi connectivity index (χ0n) is 9.20. The van der Waals surface area contributed by atoms with Crippen molar-refractivity contribution in [2.24, 2.45) is 5.92 Å². The topological polar surface area (TPSA) is 18.5 Å². The first kappa shape index (κ1) is 12.4. The van der Waals surface area contributed by atoms with Crippen LogP contribution < -0.4 is 9.47 Å². The van der Waals surface area contributed by atoms with Crippen molar-refractivity contribution in [3.8, 4) is 11.5 Å². The summed E-state index contributed by atoms with van der Waals surface area (Å²) in [5.41, 5.74) is 0. The molecule has 1 aromatic carbocycles. The van der Waals surface area contributed by atoms with E-state index in [1.54, 1.807) is 0 Å². The first-order valence-electron chi connectivity index (χ1n) is 5.18. The van der Waals surface area contributed by atoms with Gasteiger partial charge in [0, 0.05) is 5.33 Å². The quantitative estimate of drug-likeness (QED) is 0.738. The Morgan fingerprint density at radius 3 is 2.33 bits per heavy atom. The zero-order chi connectivity index (χ0) is 11.1. The molecule has 0 aliphatic heterocycles. The molecule has 15 heavy (non-hydrogen) atoms. The van der Waals surface area contributed by atoms with Crippen LogP contribution in [0.1, 0.15) is 13.8 Å². The minimum absolute atomic E-state index is 0.500. The number of hydrogen-bond acceptors (Lipinski definition) is 2. The Kier molecular flexibility index (Phi) is 5.54. The van der Waals surface area contributed by atoms with E-state index in [1.165, 1.54) is 0 Å². The Morgan fingerprint density at radius 1 is 1.20 bits per heavy atom. The molecule has 0 bridgehead atoms. The van der Waals surface area contributed by atoms with Gasteiger partial charge in [0.2, 0.25) is 0 Å². The molecule has 0 fully saturated rings. The smallest absolute Gasteiger partial charge is 0.161 e. The summed E-state index contributed by atoms with van der Waals surface area (Å²) in [6, 6.07) is 7.77. The SMILES string of the molecule is CCOc1ccccc1OCC(C)CBr. The summed E-state index contributed by atoms with van der Waals surface area (Å²) in [7, 11) is 0. The van der Waals surface area contributed by atoms with Gasteiger partial charge in [-0.05, 0) is 25.0 Å². The van der Waals surface area contributed by atoms with Crippen molar-refractivity contribution >= 4 is 15.9 Å². The number of alkyl halides is 1. The van der Waals surface area contributed by atoms with Gasteiger partial charge in [-0.2, -0.15) is 0 Å². The maximum Gasteiger partial charge on any atom is 0.161 e. The molecule has 1 unspecified atom stereocenters. The van der Waals surface area contributed by atoms with Gasteiger partial charge in [0.15, 0.2) is 11.5 Å². The Bertz CT molecular complexity index is 289. The molecule has 1 atom stereocenters. The molecule has 0 aliphatic carbocycles. The largest absolute Gasteiger partial charge is 0.490 e. The highest BCUT2D eigenvalue weighted by molar-refractivity contribution is 9.09. The number of ether oxygens (including phenoxy) is 2. The summed E-state index contributed by atoms with van der Waals surface area (Å²) in [4.78, 5) is 0. The van der Waals surface area contributed by atoms with Crippen molar-refractivity contribution in [2.75, 3.05) is 18.5 Å². The predicted molar refractivity (Wildman–Crippen MR) is 66.1 cm³/mol. The van der Waals surface area contributed by atoms with E-state index in [1.807, 2.05) is 31.2 Å². The van der Waals surface area contributed by atoms with Crippen LogP contribution in [-0.4, -0.2) is 18.5 Å². The molecule has 0 amide bonds. The number of rotatable bonds is 6. The van der Waals surface area contributed by atoms with E-state index < -0.39 is 0 Å². The predicted octanol–water partition coefficient (Wildman–Crippen LogP) is 3.50. The maximum absolute atomic E-state index is 5.69. The number of benzene rings is 1. The van der Waals surface area contributed by atoms with Crippen molar-refractivity contribution in [2.45, 2.75) is 13.8 Å². The molecule has 3 heteroatoms. The monoisotopic (exact) mass is 272 g/mol. The van der Waals surface area contributed by atoms with Crippen LogP contribution in [-0.2, 0) is 0 Å². The highest BCUT2D eigenvalue weighted by Crippen LogP contribution is 2.26. The molecule has 0 saturated heterocycles. The Hall–Kier alpha value is -0.700. The summed E-state index contributed by atoms with van der Waals surface area (Å²) in [6.45, 7) is 5.47. The molecule has 0 spiro atoms. The first-order valence-corrected chi connectivity index (χ1v) is 6.30. The molecule has 84 valence electrons. The summed E-state index contributed by atoms with van der Waals surface area (Å²) < 4.78 is 11.2. The standard InChI is InChI=1S/C12H17BrO2/c1-3-14-11-6-4-5-7-12(11)15-9-10(2)8-13/h4-7,10H,3,8-9H2,1-2H3. The van der Waals surface area contributed by atoms with E-state index in [4.69, 9.17) is 9.47 Å². The molecular formula is C12H17BrO2. The first-order chi connectivity index (χ1) is 7.27. The molecular weight excluding hydrogens is 256 g/mol. The molecule has 0 aromatic heterocycles. The molecule has 1 rings (SSSR count). The van der Waals surface area contributed by atoms with Crippen LogP contribution in [0.2, 0.25) is 0 Å². The van der Waals surface area contributed by atoms with Gasteiger partial charge < -0.3 is 9.47 Å². The second-order valence-corrected chi connectivity index (χ2v) is 4.10. The number of para-hydroxylation sites is 2. The fourth-order valence-corrected chi connectivity index (χ4v) is 1.31. The van der Waals surface area contributed by atoms with E-state index in [9.17, 15) is 0 Å². The lowest BCUT2D eigenvalue weighted by Crippen LogP contribution is -2.10. The third-order valence-corrected chi connectivity index (χ3v) is 3.04. The van der Waals surface area contributed by atoms with Crippen LogP contribution >= 0.6 is 15.9 Å². The Labute approximate surface area is 99.7 Å². The lowest BCUT2D eigenvalue weighted by molar-refractivity contribution is 0.250. The van der Waals surface area contributed by atoms with Crippen molar-refractivity contribution in [1.29, 1.82) is 0 Å². The van der Waals surface area contributed by atoms with Gasteiger partial charge in [-0.1, -0.05) is 35.0 Å². The number of hydrogen-bond donors (Lipinski definition) is 0. The Morgan fingerprint density at radius 2 is 1.80 bits per heavy atom. The molecule has 2 nitrogen and oxygen atoms in total. The minimum atomic E-state index is 0.500. The molecule has 0 saturated carbocycles. The van der Waals surface area contributed by atoms with Crippen LogP contribution in [0.4, 0.5) is 0 Å². The summed E-state index contributed by atoms with van der Waals surface area (Å²) in [5, 5.41) is 0.948. The molecule has 0 aliphatic rings. The second kappa shape index (κ2) is 6.72. The van der Waals surface area contributed by atoms with Gasteiger partial charge in [-0.25, -0.2) is 0 Å². The molecule has 0 heterocycles. The second-order valence-electron chi connectivity index (χ2n) is 3.45. The highest BCUT2D eigenvalue weighted by atomic mass is 79.9. The van der Waals surface area contributed by atoms with Crippen molar-refractivity contribution in [3.63, 3.8) is 0 Å². The van der Waals surface area contributed by atoms with Crippen LogP contribution in [0.5, 0.6) is 11.5 Å². The zero-order valence-corrected chi connectivity index (χ0v) is 10.8. The van der Waals surface area contributed by atoms with Gasteiger partial charge >= 0.3 is 0 Å². The van der Waals surface area contributed by atoms with E-state index in [0.717, 1.165) is 16.8 Å². The third-order valence-electron chi connectivity index (χ3n) is 1.94. The third kappa shape index (κ3) is 4.12. The van der Waals surface area contributed by atoms with Gasteiger partial charge in [-0.15, -0.1) is 0 Å². The van der Waals surface area contributed by atoms with E-state index in [2.05, 4.69) is 22.9 Å². The minimum Gasteiger partial charge on any atom is -0.490 e. The summed E-state index contributed by atoms with van der Waals surface area (Å²) in [6.07, 6.45) is 0. The van der Waals surface area contributed by atoms with Crippen molar-refractivity contribution < 1.29 is 9.47 Å². The average molecular weight is 273 g/mol. The van der Waals surface area contributed by atoms with E-state index in [-0.39, 0.29) is 0 Å². The van der Waals surface area contributed by atoms with Crippen LogP contribution in [0.3, 0.4) is 0 Å². The van der Waals surface area contributed by atoms with Crippen LogP contribution in [0.25, 0.3) is 0 Å². The molecule has 0 N–H and O–H groups in total. The van der Waals surface area contributed by atoms with Crippen LogP contribution in [0, 0.1) is 5.92 Å². The molecule has 1 aromatic rings. The van der Waals surface area contributed by atoms with Gasteiger partial charge in [-0.3, -0.25) is 0 Å². The van der Waals surface area contributed by atoms with E-state index in [0.29, 0.717) is 19.1 Å². The van der Waals surface area contributed by atoms with Crippen LogP contribution in [0.15, 0.2) is 24.3 Å².